The lowest BCUT2D eigenvalue weighted by Gasteiger charge is -2.48. The minimum absolute atomic E-state index is 0.0613. The summed E-state index contributed by atoms with van der Waals surface area (Å²) in [6.45, 7) is 5.63. The van der Waals surface area contributed by atoms with Crippen LogP contribution < -0.4 is 0 Å². The van der Waals surface area contributed by atoms with E-state index in [1.54, 1.807) is 17.0 Å². The number of hydrogen-bond acceptors (Lipinski definition) is 3. The van der Waals surface area contributed by atoms with Crippen molar-refractivity contribution in [1.29, 1.82) is 0 Å². The molecule has 1 fully saturated rings. The minimum atomic E-state index is -0.413. The van der Waals surface area contributed by atoms with Gasteiger partial charge >= 0.3 is 5.97 Å². The maximum absolute atomic E-state index is 12.5. The number of rotatable bonds is 4. The molecule has 0 spiro atoms. The molecule has 1 aromatic rings. The van der Waals surface area contributed by atoms with Crippen LogP contribution in [-0.4, -0.2) is 29.0 Å². The second-order valence-electron chi connectivity index (χ2n) is 5.66. The van der Waals surface area contributed by atoms with Crippen LogP contribution in [-0.2, 0) is 9.53 Å². The van der Waals surface area contributed by atoms with Gasteiger partial charge in [-0.3, -0.25) is 14.5 Å². The Morgan fingerprint density at radius 2 is 1.95 bits per heavy atom. The van der Waals surface area contributed by atoms with E-state index in [0.29, 0.717) is 11.5 Å². The van der Waals surface area contributed by atoms with Crippen LogP contribution in [0.2, 0.25) is 0 Å². The molecule has 1 aromatic carbocycles. The minimum Gasteiger partial charge on any atom is -0.442 e. The zero-order valence-corrected chi connectivity index (χ0v) is 12.2. The molecule has 0 aromatic heterocycles. The second-order valence-corrected chi connectivity index (χ2v) is 5.66. The fourth-order valence-electron chi connectivity index (χ4n) is 2.63. The quantitative estimate of drug-likeness (QED) is 0.794. The Labute approximate surface area is 119 Å². The molecule has 0 radical (unpaired) electrons. The van der Waals surface area contributed by atoms with Gasteiger partial charge < -0.3 is 4.74 Å². The molecule has 4 heteroatoms. The van der Waals surface area contributed by atoms with Gasteiger partial charge in [0.25, 0.3) is 5.91 Å². The summed E-state index contributed by atoms with van der Waals surface area (Å²) in [5, 5.41) is 0. The third-order valence-electron chi connectivity index (χ3n) is 3.48. The molecule has 0 bridgehead atoms. The van der Waals surface area contributed by atoms with Crippen LogP contribution in [0.15, 0.2) is 30.3 Å². The lowest BCUT2D eigenvalue weighted by molar-refractivity contribution is -0.172. The number of hydrogen-bond donors (Lipinski definition) is 0. The Bertz CT molecular complexity index is 484. The van der Waals surface area contributed by atoms with Gasteiger partial charge in [-0.25, -0.2) is 0 Å². The van der Waals surface area contributed by atoms with Gasteiger partial charge in [0, 0.05) is 24.9 Å². The number of ether oxygens (including phenoxy) is 1. The number of esters is 1. The highest BCUT2D eigenvalue weighted by Crippen LogP contribution is 2.32. The van der Waals surface area contributed by atoms with Crippen molar-refractivity contribution >= 4 is 11.9 Å². The van der Waals surface area contributed by atoms with Crippen molar-refractivity contribution in [2.75, 3.05) is 0 Å². The van der Waals surface area contributed by atoms with Crippen molar-refractivity contribution in [1.82, 2.24) is 4.90 Å². The highest BCUT2D eigenvalue weighted by Gasteiger charge is 2.44. The number of amides is 1. The lowest BCUT2D eigenvalue weighted by Crippen LogP contribution is -2.60. The summed E-state index contributed by atoms with van der Waals surface area (Å²) in [6.07, 6.45) is 1.25. The molecular formula is C16H21NO3. The molecule has 4 nitrogen and oxygen atoms in total. The zero-order valence-electron chi connectivity index (χ0n) is 12.2. The number of likely N-dealkylation sites (tertiary alicyclic amines) is 1. The standard InChI is InChI=1S/C16H21NO3/c1-11(2)9-14-10-15(20-12(3)18)17(14)16(19)13-7-5-4-6-8-13/h4-8,11,14-15H,9-10H2,1-3H3/t14-,15+/m1/s1. The third kappa shape index (κ3) is 3.18. The van der Waals surface area contributed by atoms with Gasteiger partial charge in [0.15, 0.2) is 6.23 Å². The van der Waals surface area contributed by atoms with E-state index in [-0.39, 0.29) is 17.9 Å². The smallest absolute Gasteiger partial charge is 0.304 e. The average molecular weight is 275 g/mol. The van der Waals surface area contributed by atoms with E-state index in [1.807, 2.05) is 18.2 Å². The molecule has 108 valence electrons. The van der Waals surface area contributed by atoms with E-state index >= 15 is 0 Å². The van der Waals surface area contributed by atoms with Crippen molar-refractivity contribution in [3.05, 3.63) is 35.9 Å². The van der Waals surface area contributed by atoms with Gasteiger partial charge in [-0.05, 0) is 24.5 Å². The van der Waals surface area contributed by atoms with Gasteiger partial charge in [0.2, 0.25) is 0 Å². The first-order chi connectivity index (χ1) is 9.49. The topological polar surface area (TPSA) is 46.6 Å². The van der Waals surface area contributed by atoms with Crippen LogP contribution >= 0.6 is 0 Å². The predicted molar refractivity (Wildman–Crippen MR) is 76.0 cm³/mol. The van der Waals surface area contributed by atoms with Crippen LogP contribution in [0.3, 0.4) is 0 Å². The molecule has 2 atom stereocenters. The maximum Gasteiger partial charge on any atom is 0.304 e. The highest BCUT2D eigenvalue weighted by molar-refractivity contribution is 5.95. The summed E-state index contributed by atoms with van der Waals surface area (Å²) in [6, 6.07) is 9.29. The number of carbonyl (C=O) groups is 2. The highest BCUT2D eigenvalue weighted by atomic mass is 16.6. The average Bonchev–Trinajstić information content (AvgIpc) is 2.37. The van der Waals surface area contributed by atoms with E-state index in [1.165, 1.54) is 6.92 Å². The van der Waals surface area contributed by atoms with Gasteiger partial charge in [-0.15, -0.1) is 0 Å². The van der Waals surface area contributed by atoms with Gasteiger partial charge in [0.05, 0.1) is 0 Å². The van der Waals surface area contributed by atoms with E-state index in [0.717, 1.165) is 12.8 Å². The maximum atomic E-state index is 12.5. The summed E-state index contributed by atoms with van der Waals surface area (Å²) in [4.78, 5) is 25.4. The molecule has 0 aliphatic carbocycles. The molecule has 1 heterocycles. The Balaban J connectivity index is 2.13. The molecule has 20 heavy (non-hydrogen) atoms. The fourth-order valence-corrected chi connectivity index (χ4v) is 2.63. The van der Waals surface area contributed by atoms with Crippen molar-refractivity contribution in [2.24, 2.45) is 5.92 Å². The van der Waals surface area contributed by atoms with Gasteiger partial charge in [-0.2, -0.15) is 0 Å². The lowest BCUT2D eigenvalue weighted by atomic mass is 9.91. The first-order valence-corrected chi connectivity index (χ1v) is 7.04. The number of carbonyl (C=O) groups excluding carboxylic acids is 2. The van der Waals surface area contributed by atoms with Crippen LogP contribution in [0.4, 0.5) is 0 Å². The summed E-state index contributed by atoms with van der Waals surface area (Å²) in [7, 11) is 0. The molecule has 1 saturated heterocycles. The van der Waals surface area contributed by atoms with E-state index < -0.39 is 6.23 Å². The second kappa shape index (κ2) is 6.07. The molecule has 0 saturated carbocycles. The molecule has 0 N–H and O–H groups in total. The van der Waals surface area contributed by atoms with Gasteiger partial charge in [0.1, 0.15) is 0 Å². The predicted octanol–water partition coefficient (Wildman–Crippen LogP) is 2.84. The van der Waals surface area contributed by atoms with Crippen molar-refractivity contribution in [3.63, 3.8) is 0 Å². The molecule has 1 amide bonds. The first-order valence-electron chi connectivity index (χ1n) is 7.04. The van der Waals surface area contributed by atoms with Crippen LogP contribution in [0.25, 0.3) is 0 Å². The monoisotopic (exact) mass is 275 g/mol. The molecule has 0 unspecified atom stereocenters. The normalized spacial score (nSPS) is 21.5. The van der Waals surface area contributed by atoms with Crippen molar-refractivity contribution in [2.45, 2.75) is 45.9 Å². The number of benzene rings is 1. The first kappa shape index (κ1) is 14.6. The molecule has 2 rings (SSSR count). The zero-order chi connectivity index (χ0) is 14.7. The van der Waals surface area contributed by atoms with Gasteiger partial charge in [-0.1, -0.05) is 32.0 Å². The SMILES string of the molecule is CC(=O)O[C@H]1C[C@@H](CC(C)C)N1C(=O)c1ccccc1. The van der Waals surface area contributed by atoms with Crippen molar-refractivity contribution in [3.8, 4) is 0 Å². The molecular weight excluding hydrogens is 254 g/mol. The summed E-state index contributed by atoms with van der Waals surface area (Å²) in [5.41, 5.74) is 0.637. The Hall–Kier alpha value is -1.84. The van der Waals surface area contributed by atoms with E-state index in [2.05, 4.69) is 13.8 Å². The Kier molecular flexibility index (Phi) is 4.42. The molecule has 1 aliphatic rings. The van der Waals surface area contributed by atoms with Crippen molar-refractivity contribution < 1.29 is 14.3 Å². The summed E-state index contributed by atoms with van der Waals surface area (Å²) >= 11 is 0. The Morgan fingerprint density at radius 1 is 1.30 bits per heavy atom. The van der Waals surface area contributed by atoms with Crippen LogP contribution in [0, 0.1) is 5.92 Å². The number of nitrogens with zero attached hydrogens (tertiary/aromatic N) is 1. The van der Waals surface area contributed by atoms with E-state index in [9.17, 15) is 9.59 Å². The molecule has 1 aliphatic heterocycles. The van der Waals surface area contributed by atoms with Crippen LogP contribution in [0.1, 0.15) is 44.0 Å². The largest absolute Gasteiger partial charge is 0.442 e. The van der Waals surface area contributed by atoms with E-state index in [4.69, 9.17) is 4.74 Å². The van der Waals surface area contributed by atoms with Crippen LogP contribution in [0.5, 0.6) is 0 Å². The summed E-state index contributed by atoms with van der Waals surface area (Å²) in [5.74, 6) is 0.0990. The summed E-state index contributed by atoms with van der Waals surface area (Å²) < 4.78 is 5.22. The third-order valence-corrected chi connectivity index (χ3v) is 3.48. The fraction of sp³-hybridized carbons (Fsp3) is 0.500. The Morgan fingerprint density at radius 3 is 2.50 bits per heavy atom.